The summed E-state index contributed by atoms with van der Waals surface area (Å²) >= 11 is 13.6. The number of halogens is 2. The van der Waals surface area contributed by atoms with E-state index in [-0.39, 0.29) is 17.9 Å². The lowest BCUT2D eigenvalue weighted by atomic mass is 10.1. The molecule has 2 heterocycles. The molecule has 0 spiro atoms. The molecule has 4 aromatic rings. The first-order valence-corrected chi connectivity index (χ1v) is 10.2. The Bertz CT molecular complexity index is 1270. The number of rotatable bonds is 5. The lowest BCUT2D eigenvalue weighted by Crippen LogP contribution is -2.22. The summed E-state index contributed by atoms with van der Waals surface area (Å²) < 4.78 is 1.49. The number of benzene rings is 2. The molecule has 2 aromatic carbocycles. The van der Waals surface area contributed by atoms with Gasteiger partial charge in [0.25, 0.3) is 0 Å². The Hall–Kier alpha value is -2.74. The standard InChI is InChI=1S/C20H14Cl2N4O2S/c21-13-5-6-16(22)12(7-13)8-14-9-23-20(29-14)25-19(28)11-26-17-4-2-1-3-15(17)18(27)10-24-26/h1-7,9-10H,8,11H2,(H,23,25,28). The Morgan fingerprint density at radius 3 is 2.83 bits per heavy atom. The Morgan fingerprint density at radius 2 is 1.97 bits per heavy atom. The quantitative estimate of drug-likeness (QED) is 0.495. The average molecular weight is 445 g/mol. The van der Waals surface area contributed by atoms with Crippen LogP contribution in [0, 0.1) is 0 Å². The van der Waals surface area contributed by atoms with Crippen molar-refractivity contribution in [3.63, 3.8) is 0 Å². The summed E-state index contributed by atoms with van der Waals surface area (Å²) in [5.41, 5.74) is 1.32. The summed E-state index contributed by atoms with van der Waals surface area (Å²) in [5, 5.41) is 9.08. The van der Waals surface area contributed by atoms with Gasteiger partial charge < -0.3 is 5.32 Å². The number of para-hydroxylation sites is 1. The molecule has 6 nitrogen and oxygen atoms in total. The van der Waals surface area contributed by atoms with Crippen LogP contribution < -0.4 is 10.7 Å². The molecule has 29 heavy (non-hydrogen) atoms. The molecule has 0 aliphatic rings. The van der Waals surface area contributed by atoms with Crippen LogP contribution in [0.1, 0.15) is 10.4 Å². The van der Waals surface area contributed by atoms with Crippen LogP contribution in [0.2, 0.25) is 10.0 Å². The van der Waals surface area contributed by atoms with Crippen LogP contribution in [0.15, 0.2) is 59.7 Å². The molecule has 0 radical (unpaired) electrons. The van der Waals surface area contributed by atoms with Crippen LogP contribution in [0.4, 0.5) is 5.13 Å². The molecule has 0 saturated carbocycles. The van der Waals surface area contributed by atoms with E-state index in [4.69, 9.17) is 23.2 Å². The number of hydrogen-bond acceptors (Lipinski definition) is 5. The van der Waals surface area contributed by atoms with Crippen molar-refractivity contribution < 1.29 is 4.79 Å². The number of nitrogens with one attached hydrogen (secondary N) is 1. The van der Waals surface area contributed by atoms with Crippen molar-refractivity contribution in [1.29, 1.82) is 0 Å². The Kier molecular flexibility index (Phi) is 5.62. The molecule has 9 heteroatoms. The maximum absolute atomic E-state index is 12.5. The molecule has 146 valence electrons. The van der Waals surface area contributed by atoms with Gasteiger partial charge in [-0.15, -0.1) is 11.3 Å². The second-order valence-corrected chi connectivity index (χ2v) is 8.23. The van der Waals surface area contributed by atoms with Crippen molar-refractivity contribution in [1.82, 2.24) is 14.8 Å². The normalized spacial score (nSPS) is 11.0. The van der Waals surface area contributed by atoms with Gasteiger partial charge in [-0.25, -0.2) is 4.98 Å². The number of hydrogen-bond donors (Lipinski definition) is 1. The molecule has 0 aliphatic carbocycles. The van der Waals surface area contributed by atoms with Crippen LogP contribution in [0.25, 0.3) is 10.9 Å². The van der Waals surface area contributed by atoms with E-state index in [2.05, 4.69) is 15.4 Å². The summed E-state index contributed by atoms with van der Waals surface area (Å²) in [6.45, 7) is -0.0319. The number of nitrogens with zero attached hydrogens (tertiary/aromatic N) is 3. The zero-order chi connectivity index (χ0) is 20.4. The first kappa shape index (κ1) is 19.6. The summed E-state index contributed by atoms with van der Waals surface area (Å²) in [6, 6.07) is 12.3. The van der Waals surface area contributed by atoms with E-state index in [1.54, 1.807) is 42.6 Å². The van der Waals surface area contributed by atoms with E-state index >= 15 is 0 Å². The maximum atomic E-state index is 12.5. The molecule has 0 fully saturated rings. The van der Waals surface area contributed by atoms with Crippen LogP contribution >= 0.6 is 34.5 Å². The molecule has 0 bridgehead atoms. The summed E-state index contributed by atoms with van der Waals surface area (Å²) in [7, 11) is 0. The van der Waals surface area contributed by atoms with Gasteiger partial charge in [0.1, 0.15) is 6.54 Å². The Morgan fingerprint density at radius 1 is 1.14 bits per heavy atom. The number of aromatic nitrogens is 3. The van der Waals surface area contributed by atoms with Gasteiger partial charge in [0, 0.05) is 32.9 Å². The van der Waals surface area contributed by atoms with Gasteiger partial charge >= 0.3 is 0 Å². The van der Waals surface area contributed by atoms with E-state index < -0.39 is 0 Å². The summed E-state index contributed by atoms with van der Waals surface area (Å²) in [4.78, 5) is 29.6. The fraction of sp³-hybridized carbons (Fsp3) is 0.100. The topological polar surface area (TPSA) is 76.9 Å². The Labute approximate surface area is 179 Å². The molecule has 2 aromatic heterocycles. The van der Waals surface area contributed by atoms with Gasteiger partial charge in [0.15, 0.2) is 5.13 Å². The highest BCUT2D eigenvalue weighted by atomic mass is 35.5. The van der Waals surface area contributed by atoms with E-state index in [9.17, 15) is 9.59 Å². The Balaban J connectivity index is 1.47. The van der Waals surface area contributed by atoms with Crippen molar-refractivity contribution in [2.75, 3.05) is 5.32 Å². The maximum Gasteiger partial charge on any atom is 0.247 e. The van der Waals surface area contributed by atoms with Crippen molar-refractivity contribution in [3.8, 4) is 0 Å². The van der Waals surface area contributed by atoms with E-state index in [0.717, 1.165) is 10.4 Å². The van der Waals surface area contributed by atoms with Crippen molar-refractivity contribution in [2.24, 2.45) is 0 Å². The van der Waals surface area contributed by atoms with E-state index in [1.807, 2.05) is 6.07 Å². The predicted octanol–water partition coefficient (Wildman–Crippen LogP) is 4.39. The van der Waals surface area contributed by atoms with Crippen molar-refractivity contribution in [2.45, 2.75) is 13.0 Å². The van der Waals surface area contributed by atoms with Gasteiger partial charge in [-0.1, -0.05) is 35.3 Å². The zero-order valence-electron chi connectivity index (χ0n) is 14.9. The molecular formula is C20H14Cl2N4O2S. The van der Waals surface area contributed by atoms with Gasteiger partial charge in [-0.05, 0) is 35.9 Å². The average Bonchev–Trinajstić information content (AvgIpc) is 3.14. The van der Waals surface area contributed by atoms with Crippen molar-refractivity contribution in [3.05, 3.63) is 85.6 Å². The largest absolute Gasteiger partial charge is 0.300 e. The predicted molar refractivity (Wildman–Crippen MR) is 116 cm³/mol. The molecule has 4 rings (SSSR count). The number of amides is 1. The van der Waals surface area contributed by atoms with Gasteiger partial charge in [-0.3, -0.25) is 14.3 Å². The highest BCUT2D eigenvalue weighted by molar-refractivity contribution is 7.15. The molecule has 0 unspecified atom stereocenters. The first-order chi connectivity index (χ1) is 14.0. The molecule has 1 amide bonds. The third kappa shape index (κ3) is 4.48. The first-order valence-electron chi connectivity index (χ1n) is 8.63. The van der Waals surface area contributed by atoms with Gasteiger partial charge in [-0.2, -0.15) is 5.10 Å². The third-order valence-corrected chi connectivity index (χ3v) is 5.74. The molecule has 0 saturated heterocycles. The van der Waals surface area contributed by atoms with Crippen LogP contribution in [0.5, 0.6) is 0 Å². The number of anilines is 1. The van der Waals surface area contributed by atoms with Crippen LogP contribution in [-0.4, -0.2) is 20.7 Å². The lowest BCUT2D eigenvalue weighted by Gasteiger charge is -2.08. The highest BCUT2D eigenvalue weighted by Crippen LogP contribution is 2.27. The lowest BCUT2D eigenvalue weighted by molar-refractivity contribution is -0.116. The molecule has 0 aliphatic heterocycles. The number of carbonyl (C=O) groups excluding carboxylic acids is 1. The molecular weight excluding hydrogens is 431 g/mol. The number of thiazole rings is 1. The number of fused-ring (bicyclic) bond motifs is 1. The van der Waals surface area contributed by atoms with Crippen molar-refractivity contribution >= 4 is 56.5 Å². The monoisotopic (exact) mass is 444 g/mol. The summed E-state index contributed by atoms with van der Waals surface area (Å²) in [5.74, 6) is -0.284. The molecule has 0 atom stereocenters. The minimum absolute atomic E-state index is 0.0319. The van der Waals surface area contributed by atoms with Gasteiger partial charge in [0.05, 0.1) is 11.7 Å². The summed E-state index contributed by atoms with van der Waals surface area (Å²) in [6.07, 6.45) is 3.48. The molecule has 1 N–H and O–H groups in total. The number of carbonyl (C=O) groups is 1. The fourth-order valence-electron chi connectivity index (χ4n) is 2.90. The highest BCUT2D eigenvalue weighted by Gasteiger charge is 2.11. The second kappa shape index (κ2) is 8.32. The van der Waals surface area contributed by atoms with E-state index in [1.165, 1.54) is 22.2 Å². The third-order valence-electron chi connectivity index (χ3n) is 4.23. The fourth-order valence-corrected chi connectivity index (χ4v) is 4.13. The smallest absolute Gasteiger partial charge is 0.247 e. The van der Waals surface area contributed by atoms with Gasteiger partial charge in [0.2, 0.25) is 11.3 Å². The zero-order valence-corrected chi connectivity index (χ0v) is 17.3. The van der Waals surface area contributed by atoms with Crippen LogP contribution in [-0.2, 0) is 17.8 Å². The second-order valence-electron chi connectivity index (χ2n) is 6.28. The van der Waals surface area contributed by atoms with E-state index in [0.29, 0.717) is 32.5 Å². The minimum Gasteiger partial charge on any atom is -0.300 e. The van der Waals surface area contributed by atoms with Crippen LogP contribution in [0.3, 0.4) is 0 Å². The minimum atomic E-state index is -0.284. The SMILES string of the molecule is O=C(Cn1ncc(=O)c2ccccc21)Nc1ncc(Cc2cc(Cl)ccc2Cl)s1.